The largest absolute Gasteiger partial charge is 0.462 e. The average Bonchev–Trinajstić information content (AvgIpc) is 3.01. The monoisotopic (exact) mass is 279 g/mol. The van der Waals surface area contributed by atoms with E-state index in [0.717, 1.165) is 4.88 Å². The van der Waals surface area contributed by atoms with Crippen LogP contribution in [0.2, 0.25) is 0 Å². The van der Waals surface area contributed by atoms with Gasteiger partial charge in [-0.05, 0) is 26.0 Å². The predicted octanol–water partition coefficient (Wildman–Crippen LogP) is 1.98. The lowest BCUT2D eigenvalue weighted by molar-refractivity contribution is 0.0526. The molecule has 6 heteroatoms. The molecule has 1 atom stereocenters. The first kappa shape index (κ1) is 13.8. The summed E-state index contributed by atoms with van der Waals surface area (Å²) in [6.07, 6.45) is 3.20. The van der Waals surface area contributed by atoms with Crippen molar-refractivity contribution in [3.05, 3.63) is 39.8 Å². The third-order valence-electron chi connectivity index (χ3n) is 2.74. The number of ether oxygens (including phenoxy) is 1. The number of aryl methyl sites for hydroxylation is 1. The first-order chi connectivity index (χ1) is 9.15. The fourth-order valence-corrected chi connectivity index (χ4v) is 2.80. The molecule has 0 amide bonds. The molecule has 19 heavy (non-hydrogen) atoms. The van der Waals surface area contributed by atoms with Crippen molar-refractivity contribution in [3.63, 3.8) is 0 Å². The molecule has 0 aliphatic carbocycles. The van der Waals surface area contributed by atoms with Gasteiger partial charge in [-0.2, -0.15) is 5.10 Å². The van der Waals surface area contributed by atoms with Crippen LogP contribution in [0.3, 0.4) is 0 Å². The van der Waals surface area contributed by atoms with Crippen LogP contribution in [0.4, 0.5) is 0 Å². The van der Waals surface area contributed by atoms with E-state index in [4.69, 9.17) is 10.5 Å². The summed E-state index contributed by atoms with van der Waals surface area (Å²) in [6.45, 7) is 4.62. The fraction of sp³-hybridized carbons (Fsp3) is 0.385. The molecule has 0 fully saturated rings. The van der Waals surface area contributed by atoms with E-state index in [1.54, 1.807) is 29.1 Å². The van der Waals surface area contributed by atoms with Crippen molar-refractivity contribution in [2.45, 2.75) is 19.9 Å². The number of rotatable bonds is 5. The summed E-state index contributed by atoms with van der Waals surface area (Å²) in [6, 6.07) is 4.06. The van der Waals surface area contributed by atoms with Crippen molar-refractivity contribution < 1.29 is 9.53 Å². The molecule has 2 aromatic rings. The second-order valence-electron chi connectivity index (χ2n) is 4.13. The Labute approximate surface area is 116 Å². The van der Waals surface area contributed by atoms with Gasteiger partial charge in [-0.1, -0.05) is 0 Å². The molecule has 2 rings (SSSR count). The summed E-state index contributed by atoms with van der Waals surface area (Å²) in [4.78, 5) is 14.0. The number of aromatic nitrogens is 2. The fourth-order valence-electron chi connectivity index (χ4n) is 1.82. The zero-order valence-corrected chi connectivity index (χ0v) is 11.8. The number of nitrogens with zero attached hydrogens (tertiary/aromatic N) is 2. The Balaban J connectivity index is 2.22. The zero-order chi connectivity index (χ0) is 13.8. The number of esters is 1. The van der Waals surface area contributed by atoms with E-state index in [2.05, 4.69) is 18.1 Å². The van der Waals surface area contributed by atoms with Crippen molar-refractivity contribution in [1.29, 1.82) is 0 Å². The standard InChI is InChI=1S/C13H17N3O2S/c1-3-18-13(17)10-7-15-16(8-10)11(6-14)12-5-4-9(2)19-12/h4-5,7-8,11H,3,6,14H2,1-2H3. The van der Waals surface area contributed by atoms with E-state index < -0.39 is 0 Å². The maximum absolute atomic E-state index is 11.6. The molecule has 2 aromatic heterocycles. The summed E-state index contributed by atoms with van der Waals surface area (Å²) in [5, 5.41) is 4.22. The maximum atomic E-state index is 11.6. The van der Waals surface area contributed by atoms with Crippen LogP contribution in [0.5, 0.6) is 0 Å². The summed E-state index contributed by atoms with van der Waals surface area (Å²) in [5.74, 6) is -0.355. The molecule has 0 radical (unpaired) electrons. The molecule has 0 aliphatic heterocycles. The first-order valence-corrected chi connectivity index (χ1v) is 6.95. The molecule has 1 unspecified atom stereocenters. The van der Waals surface area contributed by atoms with Gasteiger partial charge in [0.25, 0.3) is 0 Å². The summed E-state index contributed by atoms with van der Waals surface area (Å²) in [7, 11) is 0. The van der Waals surface area contributed by atoms with Gasteiger partial charge >= 0.3 is 5.97 Å². The van der Waals surface area contributed by atoms with Gasteiger partial charge in [-0.15, -0.1) is 11.3 Å². The second-order valence-corrected chi connectivity index (χ2v) is 5.45. The molecule has 0 aromatic carbocycles. The maximum Gasteiger partial charge on any atom is 0.341 e. The van der Waals surface area contributed by atoms with E-state index >= 15 is 0 Å². The first-order valence-electron chi connectivity index (χ1n) is 6.13. The minimum Gasteiger partial charge on any atom is -0.462 e. The van der Waals surface area contributed by atoms with Crippen LogP contribution in [0, 0.1) is 6.92 Å². The Morgan fingerprint density at radius 3 is 2.95 bits per heavy atom. The SMILES string of the molecule is CCOC(=O)c1cnn(C(CN)c2ccc(C)s2)c1. The molecule has 0 saturated carbocycles. The Kier molecular flexibility index (Phi) is 4.34. The highest BCUT2D eigenvalue weighted by Crippen LogP contribution is 2.25. The van der Waals surface area contributed by atoms with E-state index in [0.29, 0.717) is 18.7 Å². The molecule has 0 bridgehead atoms. The van der Waals surface area contributed by atoms with Gasteiger partial charge in [-0.3, -0.25) is 4.68 Å². The van der Waals surface area contributed by atoms with E-state index in [-0.39, 0.29) is 12.0 Å². The van der Waals surface area contributed by atoms with Gasteiger partial charge in [0.2, 0.25) is 0 Å². The highest BCUT2D eigenvalue weighted by Gasteiger charge is 2.17. The van der Waals surface area contributed by atoms with Crippen molar-refractivity contribution >= 4 is 17.3 Å². The Morgan fingerprint density at radius 2 is 2.37 bits per heavy atom. The number of carbonyl (C=O) groups is 1. The predicted molar refractivity (Wildman–Crippen MR) is 74.4 cm³/mol. The lowest BCUT2D eigenvalue weighted by Crippen LogP contribution is -2.20. The van der Waals surface area contributed by atoms with E-state index in [1.165, 1.54) is 11.1 Å². The van der Waals surface area contributed by atoms with Crippen LogP contribution in [0.1, 0.15) is 33.1 Å². The lowest BCUT2D eigenvalue weighted by atomic mass is 10.2. The molecule has 102 valence electrons. The Hall–Kier alpha value is -1.66. The third-order valence-corrected chi connectivity index (χ3v) is 3.85. The minimum absolute atomic E-state index is 0.0399. The van der Waals surface area contributed by atoms with Crippen molar-refractivity contribution in [3.8, 4) is 0 Å². The number of hydrogen-bond acceptors (Lipinski definition) is 5. The number of carbonyl (C=O) groups excluding carboxylic acids is 1. The van der Waals surface area contributed by atoms with Gasteiger partial charge in [0.05, 0.1) is 24.4 Å². The third kappa shape index (κ3) is 3.02. The van der Waals surface area contributed by atoms with Gasteiger partial charge in [0, 0.05) is 22.5 Å². The molecule has 2 heterocycles. The summed E-state index contributed by atoms with van der Waals surface area (Å²) < 4.78 is 6.66. The normalized spacial score (nSPS) is 12.4. The van der Waals surface area contributed by atoms with Crippen molar-refractivity contribution in [1.82, 2.24) is 9.78 Å². The lowest BCUT2D eigenvalue weighted by Gasteiger charge is -2.13. The van der Waals surface area contributed by atoms with Crippen LogP contribution in [-0.2, 0) is 4.74 Å². The van der Waals surface area contributed by atoms with Gasteiger partial charge in [0.1, 0.15) is 0 Å². The van der Waals surface area contributed by atoms with Crippen LogP contribution in [-0.4, -0.2) is 28.9 Å². The number of nitrogens with two attached hydrogens (primary N) is 1. The topological polar surface area (TPSA) is 70.1 Å². The van der Waals surface area contributed by atoms with Gasteiger partial charge < -0.3 is 10.5 Å². The van der Waals surface area contributed by atoms with Crippen molar-refractivity contribution in [2.24, 2.45) is 5.73 Å². The quantitative estimate of drug-likeness (QED) is 0.850. The van der Waals surface area contributed by atoms with Crippen LogP contribution < -0.4 is 5.73 Å². The van der Waals surface area contributed by atoms with Crippen LogP contribution in [0.25, 0.3) is 0 Å². The molecule has 2 N–H and O–H groups in total. The summed E-state index contributed by atoms with van der Waals surface area (Å²) >= 11 is 1.69. The Bertz CT molecular complexity index is 562. The number of thiophene rings is 1. The van der Waals surface area contributed by atoms with Crippen LogP contribution >= 0.6 is 11.3 Å². The second kappa shape index (κ2) is 5.99. The molecular formula is C13H17N3O2S. The smallest absolute Gasteiger partial charge is 0.341 e. The molecular weight excluding hydrogens is 262 g/mol. The highest BCUT2D eigenvalue weighted by molar-refractivity contribution is 7.12. The van der Waals surface area contributed by atoms with Crippen LogP contribution in [0.15, 0.2) is 24.5 Å². The van der Waals surface area contributed by atoms with E-state index in [9.17, 15) is 4.79 Å². The summed E-state index contributed by atoms with van der Waals surface area (Å²) in [5.41, 5.74) is 6.27. The molecule has 0 saturated heterocycles. The minimum atomic E-state index is -0.355. The van der Waals surface area contributed by atoms with Crippen molar-refractivity contribution in [2.75, 3.05) is 13.2 Å². The number of hydrogen-bond donors (Lipinski definition) is 1. The molecule has 5 nitrogen and oxygen atoms in total. The zero-order valence-electron chi connectivity index (χ0n) is 11.0. The van der Waals surface area contributed by atoms with E-state index in [1.807, 2.05) is 6.07 Å². The molecule has 0 aliphatic rings. The van der Waals surface area contributed by atoms with Gasteiger partial charge in [-0.25, -0.2) is 4.79 Å². The molecule has 0 spiro atoms. The Morgan fingerprint density at radius 1 is 1.58 bits per heavy atom. The highest BCUT2D eigenvalue weighted by atomic mass is 32.1. The average molecular weight is 279 g/mol. The van der Waals surface area contributed by atoms with Gasteiger partial charge in [0.15, 0.2) is 0 Å².